The summed E-state index contributed by atoms with van der Waals surface area (Å²) >= 11 is 0. The van der Waals surface area contributed by atoms with Crippen LogP contribution < -0.4 is 11.3 Å². The summed E-state index contributed by atoms with van der Waals surface area (Å²) in [6, 6.07) is 2.13. The van der Waals surface area contributed by atoms with Crippen LogP contribution in [0.1, 0.15) is 36.6 Å². The first kappa shape index (κ1) is 13.1. The molecule has 2 aliphatic rings. The van der Waals surface area contributed by atoms with Crippen LogP contribution in [-0.2, 0) is 9.47 Å². The first-order valence-corrected chi connectivity index (χ1v) is 6.96. The fraction of sp³-hybridized carbons (Fsp3) is 0.714. The molecule has 0 bridgehead atoms. The van der Waals surface area contributed by atoms with Gasteiger partial charge >= 0.3 is 0 Å². The lowest BCUT2D eigenvalue weighted by Crippen LogP contribution is -2.45. The molecule has 0 aromatic carbocycles. The molecular formula is C14H22N2O3. The van der Waals surface area contributed by atoms with Gasteiger partial charge in [0.05, 0.1) is 24.5 Å². The summed E-state index contributed by atoms with van der Waals surface area (Å²) in [5, 5.41) is 0. The molecule has 1 aromatic heterocycles. The van der Waals surface area contributed by atoms with Crippen molar-refractivity contribution in [3.05, 3.63) is 23.7 Å². The molecule has 3 atom stereocenters. The number of furan rings is 1. The second kappa shape index (κ2) is 5.25. The zero-order valence-electron chi connectivity index (χ0n) is 11.4. The van der Waals surface area contributed by atoms with E-state index in [9.17, 15) is 0 Å². The van der Waals surface area contributed by atoms with Crippen LogP contribution in [0.4, 0.5) is 0 Å². The Hall–Kier alpha value is -0.880. The number of nitrogens with one attached hydrogen (secondary N) is 1. The molecule has 1 spiro atoms. The van der Waals surface area contributed by atoms with Crippen LogP contribution in [0.3, 0.4) is 0 Å². The van der Waals surface area contributed by atoms with Crippen LogP contribution in [0.25, 0.3) is 0 Å². The van der Waals surface area contributed by atoms with Crippen molar-refractivity contribution in [3.63, 3.8) is 0 Å². The topological polar surface area (TPSA) is 69.7 Å². The fourth-order valence-corrected chi connectivity index (χ4v) is 3.41. The predicted molar refractivity (Wildman–Crippen MR) is 70.4 cm³/mol. The molecule has 2 fully saturated rings. The van der Waals surface area contributed by atoms with Gasteiger partial charge in [0.1, 0.15) is 5.76 Å². The second-order valence-electron chi connectivity index (χ2n) is 5.66. The van der Waals surface area contributed by atoms with E-state index < -0.39 is 0 Å². The molecule has 0 saturated carbocycles. The maximum Gasteiger partial charge on any atom is 0.105 e. The van der Waals surface area contributed by atoms with E-state index in [1.54, 1.807) is 6.26 Å². The highest BCUT2D eigenvalue weighted by Crippen LogP contribution is 2.41. The van der Waals surface area contributed by atoms with E-state index in [4.69, 9.17) is 19.7 Å². The third-order valence-corrected chi connectivity index (χ3v) is 4.48. The summed E-state index contributed by atoms with van der Waals surface area (Å²) in [4.78, 5) is 0. The number of nitrogens with two attached hydrogens (primary N) is 1. The monoisotopic (exact) mass is 266 g/mol. The third kappa shape index (κ3) is 2.43. The van der Waals surface area contributed by atoms with Gasteiger partial charge in [-0.3, -0.25) is 11.3 Å². The highest BCUT2D eigenvalue weighted by molar-refractivity contribution is 5.21. The molecule has 5 heteroatoms. The Labute approximate surface area is 113 Å². The second-order valence-corrected chi connectivity index (χ2v) is 5.66. The van der Waals surface area contributed by atoms with Gasteiger partial charge in [-0.1, -0.05) is 0 Å². The molecule has 2 saturated heterocycles. The Balaban J connectivity index is 1.78. The smallest absolute Gasteiger partial charge is 0.105 e. The summed E-state index contributed by atoms with van der Waals surface area (Å²) in [6.45, 7) is 4.28. The van der Waals surface area contributed by atoms with E-state index in [-0.39, 0.29) is 11.6 Å². The maximum atomic E-state index is 5.98. The van der Waals surface area contributed by atoms with Crippen LogP contribution in [0, 0.1) is 12.8 Å². The zero-order chi connectivity index (χ0) is 13.3. The van der Waals surface area contributed by atoms with Gasteiger partial charge < -0.3 is 13.9 Å². The van der Waals surface area contributed by atoms with E-state index in [1.807, 2.05) is 13.0 Å². The van der Waals surface area contributed by atoms with E-state index in [1.165, 1.54) is 0 Å². The maximum absolute atomic E-state index is 5.98. The standard InChI is InChI=1S/C14H22N2O3/c1-10-12(3-5-18-10)13(16-15)11-2-6-19-14(8-11)4-7-17-9-14/h3,5,11,13,16H,2,4,6-9,15H2,1H3. The Kier molecular flexibility index (Phi) is 3.62. The lowest BCUT2D eigenvalue weighted by Gasteiger charge is -2.40. The van der Waals surface area contributed by atoms with Gasteiger partial charge in [-0.25, -0.2) is 0 Å². The van der Waals surface area contributed by atoms with E-state index in [2.05, 4.69) is 5.43 Å². The Bertz CT molecular complexity index is 426. The van der Waals surface area contributed by atoms with Crippen LogP contribution in [-0.4, -0.2) is 25.4 Å². The molecule has 3 N–H and O–H groups in total. The number of ether oxygens (including phenoxy) is 2. The van der Waals surface area contributed by atoms with Crippen molar-refractivity contribution < 1.29 is 13.9 Å². The molecule has 3 unspecified atom stereocenters. The highest BCUT2D eigenvalue weighted by Gasteiger charge is 2.43. The Morgan fingerprint density at radius 1 is 1.47 bits per heavy atom. The predicted octanol–water partition coefficient (Wildman–Crippen LogP) is 1.68. The van der Waals surface area contributed by atoms with Gasteiger partial charge in [0.2, 0.25) is 0 Å². The van der Waals surface area contributed by atoms with Crippen molar-refractivity contribution in [2.75, 3.05) is 19.8 Å². The lowest BCUT2D eigenvalue weighted by atomic mass is 9.79. The number of hydrogen-bond donors (Lipinski definition) is 2. The van der Waals surface area contributed by atoms with Gasteiger partial charge in [0, 0.05) is 25.2 Å². The minimum atomic E-state index is -0.0876. The molecule has 0 radical (unpaired) electrons. The number of aryl methyl sites for hydroxylation is 1. The molecule has 3 heterocycles. The van der Waals surface area contributed by atoms with Crippen LogP contribution in [0.15, 0.2) is 16.7 Å². The van der Waals surface area contributed by atoms with Gasteiger partial charge in [0.25, 0.3) is 0 Å². The first-order chi connectivity index (χ1) is 9.24. The van der Waals surface area contributed by atoms with E-state index in [0.29, 0.717) is 12.5 Å². The largest absolute Gasteiger partial charge is 0.469 e. The number of rotatable bonds is 3. The summed E-state index contributed by atoms with van der Waals surface area (Å²) in [5.74, 6) is 7.18. The summed E-state index contributed by atoms with van der Waals surface area (Å²) in [6.07, 6.45) is 4.72. The van der Waals surface area contributed by atoms with E-state index >= 15 is 0 Å². The normalized spacial score (nSPS) is 32.8. The zero-order valence-corrected chi connectivity index (χ0v) is 11.4. The van der Waals surface area contributed by atoms with Crippen LogP contribution in [0.5, 0.6) is 0 Å². The van der Waals surface area contributed by atoms with Gasteiger partial charge in [-0.05, 0) is 31.7 Å². The van der Waals surface area contributed by atoms with Crippen LogP contribution >= 0.6 is 0 Å². The molecule has 3 rings (SSSR count). The summed E-state index contributed by atoms with van der Waals surface area (Å²) in [5.41, 5.74) is 4.03. The first-order valence-electron chi connectivity index (χ1n) is 6.96. The van der Waals surface area contributed by atoms with Crippen LogP contribution in [0.2, 0.25) is 0 Å². The van der Waals surface area contributed by atoms with E-state index in [0.717, 1.165) is 43.8 Å². The average molecular weight is 266 g/mol. The fourth-order valence-electron chi connectivity index (χ4n) is 3.41. The van der Waals surface area contributed by atoms with Crippen molar-refractivity contribution in [3.8, 4) is 0 Å². The molecule has 1 aromatic rings. The van der Waals surface area contributed by atoms with Gasteiger partial charge in [0.15, 0.2) is 0 Å². The highest BCUT2D eigenvalue weighted by atomic mass is 16.6. The van der Waals surface area contributed by atoms with Crippen molar-refractivity contribution in [2.24, 2.45) is 11.8 Å². The summed E-state index contributed by atoms with van der Waals surface area (Å²) < 4.78 is 16.9. The van der Waals surface area contributed by atoms with Gasteiger partial charge in [-0.15, -0.1) is 0 Å². The molecule has 5 nitrogen and oxygen atoms in total. The Morgan fingerprint density at radius 3 is 3.00 bits per heavy atom. The number of hydrogen-bond acceptors (Lipinski definition) is 5. The minimum Gasteiger partial charge on any atom is -0.469 e. The molecular weight excluding hydrogens is 244 g/mol. The molecule has 19 heavy (non-hydrogen) atoms. The quantitative estimate of drug-likeness (QED) is 0.643. The molecule has 0 amide bonds. The third-order valence-electron chi connectivity index (χ3n) is 4.48. The van der Waals surface area contributed by atoms with Crippen molar-refractivity contribution in [1.29, 1.82) is 0 Å². The lowest BCUT2D eigenvalue weighted by molar-refractivity contribution is -0.103. The Morgan fingerprint density at radius 2 is 2.37 bits per heavy atom. The summed E-state index contributed by atoms with van der Waals surface area (Å²) in [7, 11) is 0. The van der Waals surface area contributed by atoms with Crippen molar-refractivity contribution in [1.82, 2.24) is 5.43 Å². The van der Waals surface area contributed by atoms with Gasteiger partial charge in [-0.2, -0.15) is 0 Å². The SMILES string of the molecule is Cc1occc1C(NN)C1CCOC2(CCOC2)C1. The molecule has 106 valence electrons. The molecule has 0 aliphatic carbocycles. The minimum absolute atomic E-state index is 0.0876. The molecule has 2 aliphatic heterocycles. The number of hydrazine groups is 1. The van der Waals surface area contributed by atoms with Crippen molar-refractivity contribution in [2.45, 2.75) is 37.8 Å². The average Bonchev–Trinajstić information content (AvgIpc) is 3.02. The van der Waals surface area contributed by atoms with Crippen molar-refractivity contribution >= 4 is 0 Å².